The Balaban J connectivity index is 1.64. The van der Waals surface area contributed by atoms with Gasteiger partial charge in [-0.15, -0.1) is 6.42 Å². The van der Waals surface area contributed by atoms with E-state index in [1.165, 1.54) is 12.0 Å². The van der Waals surface area contributed by atoms with E-state index in [2.05, 4.69) is 18.1 Å². The fourth-order valence-electron chi connectivity index (χ4n) is 4.12. The summed E-state index contributed by atoms with van der Waals surface area (Å²) < 4.78 is 0. The molecule has 138 valence electrons. The lowest BCUT2D eigenvalue weighted by atomic mass is 9.93. The maximum absolute atomic E-state index is 13.1. The third-order valence-corrected chi connectivity index (χ3v) is 5.62. The van der Waals surface area contributed by atoms with Crippen molar-refractivity contribution in [1.29, 1.82) is 0 Å². The van der Waals surface area contributed by atoms with Gasteiger partial charge in [-0.25, -0.2) is 0 Å². The lowest BCUT2D eigenvalue weighted by Crippen LogP contribution is -2.45. The van der Waals surface area contributed by atoms with Crippen molar-refractivity contribution in [3.05, 3.63) is 35.4 Å². The molecule has 2 amide bonds. The fraction of sp³-hybridized carbons (Fsp3) is 0.545. The van der Waals surface area contributed by atoms with E-state index in [4.69, 9.17) is 6.42 Å². The molecule has 0 spiro atoms. The number of nitrogens with zero attached hydrogens (tertiary/aromatic N) is 2. The average molecular weight is 352 g/mol. The summed E-state index contributed by atoms with van der Waals surface area (Å²) in [6.07, 6.45) is 11.4. The number of rotatable bonds is 5. The quantitative estimate of drug-likeness (QED) is 0.764. The standard InChI is InChI=1S/C22H28N2O2/c1-3-13-24(20-7-5-4-6-8-20)22(26)19-14-21(25)23(16-19)15-18-11-9-17(2)10-12-18/h1,9-12,19-20H,4-8,13-16H2,2H3. The van der Waals surface area contributed by atoms with Gasteiger partial charge in [-0.1, -0.05) is 55.0 Å². The molecule has 26 heavy (non-hydrogen) atoms. The molecular formula is C22H28N2O2. The highest BCUT2D eigenvalue weighted by Gasteiger charge is 2.38. The van der Waals surface area contributed by atoms with E-state index in [-0.39, 0.29) is 23.8 Å². The average Bonchev–Trinajstić information content (AvgIpc) is 3.02. The smallest absolute Gasteiger partial charge is 0.229 e. The second-order valence-electron chi connectivity index (χ2n) is 7.62. The van der Waals surface area contributed by atoms with E-state index >= 15 is 0 Å². The summed E-state index contributed by atoms with van der Waals surface area (Å²) >= 11 is 0. The molecule has 1 heterocycles. The van der Waals surface area contributed by atoms with Crippen molar-refractivity contribution in [2.24, 2.45) is 5.92 Å². The Kier molecular flexibility index (Phi) is 5.98. The molecule has 0 aromatic heterocycles. The van der Waals surface area contributed by atoms with Crippen LogP contribution in [0.2, 0.25) is 0 Å². The summed E-state index contributed by atoms with van der Waals surface area (Å²) in [7, 11) is 0. The van der Waals surface area contributed by atoms with Gasteiger partial charge in [0.2, 0.25) is 11.8 Å². The molecule has 1 saturated carbocycles. The molecule has 1 aliphatic heterocycles. The van der Waals surface area contributed by atoms with Crippen LogP contribution in [0.4, 0.5) is 0 Å². The Morgan fingerprint density at radius 3 is 2.58 bits per heavy atom. The predicted molar refractivity (Wildman–Crippen MR) is 102 cm³/mol. The Hall–Kier alpha value is -2.28. The van der Waals surface area contributed by atoms with Crippen LogP contribution in [0, 0.1) is 25.2 Å². The minimum Gasteiger partial charge on any atom is -0.338 e. The topological polar surface area (TPSA) is 40.6 Å². The molecule has 1 atom stereocenters. The number of benzene rings is 1. The lowest BCUT2D eigenvalue weighted by molar-refractivity contribution is -0.138. The molecule has 1 unspecified atom stereocenters. The van der Waals surface area contributed by atoms with Crippen molar-refractivity contribution in [2.75, 3.05) is 13.1 Å². The molecule has 3 rings (SSSR count). The zero-order valence-corrected chi connectivity index (χ0v) is 15.6. The third-order valence-electron chi connectivity index (χ3n) is 5.62. The number of likely N-dealkylation sites (tertiary alicyclic amines) is 1. The number of carbonyl (C=O) groups excluding carboxylic acids is 2. The van der Waals surface area contributed by atoms with Gasteiger partial charge in [-0.3, -0.25) is 9.59 Å². The van der Waals surface area contributed by atoms with Crippen LogP contribution < -0.4 is 0 Å². The summed E-state index contributed by atoms with van der Waals surface area (Å²) in [6.45, 7) is 3.47. The van der Waals surface area contributed by atoms with E-state index < -0.39 is 0 Å². The van der Waals surface area contributed by atoms with E-state index in [0.717, 1.165) is 31.2 Å². The first-order chi connectivity index (χ1) is 12.6. The molecule has 2 aliphatic rings. The van der Waals surface area contributed by atoms with Crippen molar-refractivity contribution in [1.82, 2.24) is 9.80 Å². The number of hydrogen-bond acceptors (Lipinski definition) is 2. The van der Waals surface area contributed by atoms with E-state index in [9.17, 15) is 9.59 Å². The molecule has 1 saturated heterocycles. The number of terminal acetylenes is 1. The second-order valence-corrected chi connectivity index (χ2v) is 7.62. The normalized spacial score (nSPS) is 20.8. The minimum absolute atomic E-state index is 0.0632. The van der Waals surface area contributed by atoms with Crippen molar-refractivity contribution in [3.8, 4) is 12.3 Å². The van der Waals surface area contributed by atoms with E-state index in [1.807, 2.05) is 28.9 Å². The van der Waals surface area contributed by atoms with Crippen LogP contribution >= 0.6 is 0 Å². The van der Waals surface area contributed by atoms with Crippen LogP contribution in [0.3, 0.4) is 0 Å². The van der Waals surface area contributed by atoms with Gasteiger partial charge in [0.1, 0.15) is 0 Å². The molecule has 1 aliphatic carbocycles. The van der Waals surface area contributed by atoms with Crippen LogP contribution in [0.25, 0.3) is 0 Å². The van der Waals surface area contributed by atoms with Crippen molar-refractivity contribution in [3.63, 3.8) is 0 Å². The van der Waals surface area contributed by atoms with Gasteiger partial charge in [0.05, 0.1) is 12.5 Å². The monoisotopic (exact) mass is 352 g/mol. The van der Waals surface area contributed by atoms with Gasteiger partial charge < -0.3 is 9.80 Å². The lowest BCUT2D eigenvalue weighted by Gasteiger charge is -2.34. The van der Waals surface area contributed by atoms with Crippen molar-refractivity contribution in [2.45, 2.75) is 58.0 Å². The maximum Gasteiger partial charge on any atom is 0.229 e. The molecular weight excluding hydrogens is 324 g/mol. The zero-order chi connectivity index (χ0) is 18.5. The van der Waals surface area contributed by atoms with Crippen molar-refractivity contribution < 1.29 is 9.59 Å². The molecule has 4 heteroatoms. The number of amides is 2. The summed E-state index contributed by atoms with van der Waals surface area (Å²) in [5, 5.41) is 0. The highest BCUT2D eigenvalue weighted by Crippen LogP contribution is 2.27. The van der Waals surface area contributed by atoms with Crippen molar-refractivity contribution >= 4 is 11.8 Å². The summed E-state index contributed by atoms with van der Waals surface area (Å²) in [6, 6.07) is 8.44. The van der Waals surface area contributed by atoms with E-state index in [1.54, 1.807) is 0 Å². The van der Waals surface area contributed by atoms with Gasteiger partial charge in [-0.05, 0) is 25.3 Å². The van der Waals surface area contributed by atoms with E-state index in [0.29, 0.717) is 26.1 Å². The number of carbonyl (C=O) groups is 2. The largest absolute Gasteiger partial charge is 0.338 e. The Morgan fingerprint density at radius 2 is 1.92 bits per heavy atom. The molecule has 0 bridgehead atoms. The molecule has 0 N–H and O–H groups in total. The minimum atomic E-state index is -0.261. The summed E-state index contributed by atoms with van der Waals surface area (Å²) in [5.74, 6) is 2.51. The van der Waals surface area contributed by atoms with Gasteiger partial charge in [0, 0.05) is 25.6 Å². The zero-order valence-electron chi connectivity index (χ0n) is 15.6. The molecule has 2 fully saturated rings. The Labute approximate surface area is 156 Å². The van der Waals surface area contributed by atoms with Crippen LogP contribution in [-0.4, -0.2) is 40.7 Å². The number of hydrogen-bond donors (Lipinski definition) is 0. The first-order valence-electron chi connectivity index (χ1n) is 9.65. The van der Waals surface area contributed by atoms with Crippen LogP contribution in [0.1, 0.15) is 49.7 Å². The van der Waals surface area contributed by atoms with Crippen LogP contribution in [-0.2, 0) is 16.1 Å². The SMILES string of the molecule is C#CCN(C(=O)C1CC(=O)N(Cc2ccc(C)cc2)C1)C1CCCCC1. The van der Waals surface area contributed by atoms with Gasteiger partial charge in [-0.2, -0.15) is 0 Å². The number of aryl methyl sites for hydroxylation is 1. The Bertz CT molecular complexity index is 683. The molecule has 1 aromatic carbocycles. The molecule has 0 radical (unpaired) electrons. The van der Waals surface area contributed by atoms with Crippen LogP contribution in [0.15, 0.2) is 24.3 Å². The maximum atomic E-state index is 13.1. The second kappa shape index (κ2) is 8.40. The van der Waals surface area contributed by atoms with Gasteiger partial charge in [0.15, 0.2) is 0 Å². The first kappa shape index (κ1) is 18.5. The summed E-state index contributed by atoms with van der Waals surface area (Å²) in [4.78, 5) is 29.2. The molecule has 4 nitrogen and oxygen atoms in total. The Morgan fingerprint density at radius 1 is 1.23 bits per heavy atom. The predicted octanol–water partition coefficient (Wildman–Crippen LogP) is 3.14. The van der Waals surface area contributed by atoms with Gasteiger partial charge in [0.25, 0.3) is 0 Å². The summed E-state index contributed by atoms with van der Waals surface area (Å²) in [5.41, 5.74) is 2.30. The highest BCUT2D eigenvalue weighted by atomic mass is 16.2. The third kappa shape index (κ3) is 4.27. The highest BCUT2D eigenvalue weighted by molar-refractivity contribution is 5.89. The fourth-order valence-corrected chi connectivity index (χ4v) is 4.12. The van der Waals surface area contributed by atoms with Crippen LogP contribution in [0.5, 0.6) is 0 Å². The first-order valence-corrected chi connectivity index (χ1v) is 9.65. The molecule has 1 aromatic rings. The van der Waals surface area contributed by atoms with Gasteiger partial charge >= 0.3 is 0 Å².